The van der Waals surface area contributed by atoms with Crippen molar-refractivity contribution in [3.63, 3.8) is 0 Å². The number of ether oxygens (including phenoxy) is 2. The molecule has 2 heterocycles. The first-order valence-electron chi connectivity index (χ1n) is 11.2. The summed E-state index contributed by atoms with van der Waals surface area (Å²) in [5.41, 5.74) is 2.11. The Labute approximate surface area is 198 Å². The molecule has 3 aromatic rings. The smallest absolute Gasteiger partial charge is 0.245 e. The van der Waals surface area contributed by atoms with Gasteiger partial charge in [-0.15, -0.1) is 5.10 Å². The number of carbonyl (C=O) groups excluding carboxylic acids is 2. The van der Waals surface area contributed by atoms with Crippen molar-refractivity contribution in [2.75, 3.05) is 33.3 Å². The molecule has 1 aliphatic heterocycles. The molecule has 0 unspecified atom stereocenters. The number of tetrazole rings is 1. The highest BCUT2D eigenvalue weighted by Gasteiger charge is 2.31. The topological polar surface area (TPSA) is 103 Å². The van der Waals surface area contributed by atoms with E-state index in [0.29, 0.717) is 26.2 Å². The molecule has 2 aromatic carbocycles. The van der Waals surface area contributed by atoms with Gasteiger partial charge in [0.25, 0.3) is 0 Å². The second kappa shape index (κ2) is 11.4. The van der Waals surface area contributed by atoms with Crippen LogP contribution in [0.4, 0.5) is 0 Å². The maximum absolute atomic E-state index is 13.1. The number of carbonyl (C=O) groups is 2. The predicted molar refractivity (Wildman–Crippen MR) is 123 cm³/mol. The SMILES string of the molecule is COc1cccc(CO[C@H]2CN(CCc3ccccc3)C(=O)CN(C(=O)Cn3cnnn3)C2)c1. The van der Waals surface area contributed by atoms with Crippen LogP contribution < -0.4 is 4.74 Å². The van der Waals surface area contributed by atoms with Gasteiger partial charge in [-0.3, -0.25) is 9.59 Å². The van der Waals surface area contributed by atoms with Crippen LogP contribution in [0.3, 0.4) is 0 Å². The number of rotatable bonds is 9. The Balaban J connectivity index is 1.45. The predicted octanol–water partition coefficient (Wildman–Crippen LogP) is 1.18. The zero-order chi connectivity index (χ0) is 23.8. The Morgan fingerprint density at radius 3 is 2.68 bits per heavy atom. The third-order valence-corrected chi connectivity index (χ3v) is 5.70. The van der Waals surface area contributed by atoms with Crippen LogP contribution in [0.2, 0.25) is 0 Å². The highest BCUT2D eigenvalue weighted by molar-refractivity contribution is 5.85. The number of benzene rings is 2. The van der Waals surface area contributed by atoms with Gasteiger partial charge in [-0.2, -0.15) is 0 Å². The van der Waals surface area contributed by atoms with E-state index < -0.39 is 0 Å². The first kappa shape index (κ1) is 23.4. The first-order valence-corrected chi connectivity index (χ1v) is 11.2. The first-order chi connectivity index (χ1) is 16.6. The monoisotopic (exact) mass is 464 g/mol. The molecule has 0 aliphatic carbocycles. The van der Waals surface area contributed by atoms with E-state index in [1.165, 1.54) is 15.9 Å². The quantitative estimate of drug-likeness (QED) is 0.469. The van der Waals surface area contributed by atoms with Crippen molar-refractivity contribution in [3.05, 3.63) is 72.1 Å². The Morgan fingerprint density at radius 2 is 1.91 bits per heavy atom. The molecule has 34 heavy (non-hydrogen) atoms. The van der Waals surface area contributed by atoms with E-state index in [1.807, 2.05) is 54.6 Å². The summed E-state index contributed by atoms with van der Waals surface area (Å²) < 4.78 is 12.8. The molecule has 1 aliphatic rings. The zero-order valence-electron chi connectivity index (χ0n) is 19.1. The molecule has 0 saturated carbocycles. The molecular formula is C24H28N6O4. The lowest BCUT2D eigenvalue weighted by molar-refractivity contribution is -0.139. The van der Waals surface area contributed by atoms with Gasteiger partial charge in [0.05, 0.1) is 26.4 Å². The number of aromatic nitrogens is 4. The van der Waals surface area contributed by atoms with Gasteiger partial charge in [-0.1, -0.05) is 42.5 Å². The Hall–Kier alpha value is -3.79. The summed E-state index contributed by atoms with van der Waals surface area (Å²) in [6, 6.07) is 17.7. The van der Waals surface area contributed by atoms with Crippen molar-refractivity contribution in [3.8, 4) is 5.75 Å². The lowest BCUT2D eigenvalue weighted by Gasteiger charge is -2.25. The molecule has 0 bridgehead atoms. The van der Waals surface area contributed by atoms with Crippen molar-refractivity contribution < 1.29 is 19.1 Å². The van der Waals surface area contributed by atoms with Crippen LogP contribution in [-0.2, 0) is 33.9 Å². The van der Waals surface area contributed by atoms with Gasteiger partial charge in [-0.25, -0.2) is 4.68 Å². The molecule has 1 saturated heterocycles. The van der Waals surface area contributed by atoms with Crippen molar-refractivity contribution >= 4 is 11.8 Å². The summed E-state index contributed by atoms with van der Waals surface area (Å²) >= 11 is 0. The third-order valence-electron chi connectivity index (χ3n) is 5.70. The third kappa shape index (κ3) is 6.38. The number of nitrogens with zero attached hydrogens (tertiary/aromatic N) is 6. The van der Waals surface area contributed by atoms with Crippen molar-refractivity contribution in [2.45, 2.75) is 25.7 Å². The molecule has 1 fully saturated rings. The van der Waals surface area contributed by atoms with Gasteiger partial charge in [0.1, 0.15) is 18.6 Å². The number of hydrogen-bond donors (Lipinski definition) is 0. The van der Waals surface area contributed by atoms with Crippen LogP contribution in [0.25, 0.3) is 0 Å². The fourth-order valence-corrected chi connectivity index (χ4v) is 3.87. The summed E-state index contributed by atoms with van der Waals surface area (Å²) in [5.74, 6) is 0.411. The molecule has 10 nitrogen and oxygen atoms in total. The molecule has 0 N–H and O–H groups in total. The second-order valence-corrected chi connectivity index (χ2v) is 8.14. The number of amides is 2. The average molecular weight is 465 g/mol. The van der Waals surface area contributed by atoms with Crippen LogP contribution in [-0.4, -0.2) is 81.2 Å². The van der Waals surface area contributed by atoms with Crippen molar-refractivity contribution in [2.24, 2.45) is 0 Å². The lowest BCUT2D eigenvalue weighted by atomic mass is 10.1. The van der Waals surface area contributed by atoms with E-state index in [-0.39, 0.29) is 31.0 Å². The molecule has 0 radical (unpaired) electrons. The van der Waals surface area contributed by atoms with Crippen molar-refractivity contribution in [1.29, 1.82) is 0 Å². The molecular weight excluding hydrogens is 436 g/mol. The van der Waals surface area contributed by atoms with Crippen LogP contribution in [0.5, 0.6) is 5.75 Å². The highest BCUT2D eigenvalue weighted by atomic mass is 16.5. The summed E-state index contributed by atoms with van der Waals surface area (Å²) in [6.45, 7) is 1.57. The van der Waals surface area contributed by atoms with E-state index in [0.717, 1.165) is 23.3 Å². The molecule has 4 rings (SSSR count). The maximum atomic E-state index is 13.1. The highest BCUT2D eigenvalue weighted by Crippen LogP contribution is 2.16. The number of hydrogen-bond acceptors (Lipinski definition) is 7. The van der Waals surface area contributed by atoms with Gasteiger partial charge < -0.3 is 19.3 Å². The largest absolute Gasteiger partial charge is 0.497 e. The molecule has 2 amide bonds. The molecule has 10 heteroatoms. The van der Waals surface area contributed by atoms with Crippen LogP contribution >= 0.6 is 0 Å². The standard InChI is InChI=1S/C24H28N6O4/c1-33-21-9-5-8-20(12-21)17-34-22-13-28(11-10-19-6-3-2-4-7-19)23(31)15-29(14-22)24(32)16-30-18-25-26-27-30/h2-9,12,18,22H,10-11,13-17H2,1H3/t22-/m0/s1. The van der Waals surface area contributed by atoms with Gasteiger partial charge in [-0.05, 0) is 40.1 Å². The van der Waals surface area contributed by atoms with Crippen LogP contribution in [0.1, 0.15) is 11.1 Å². The van der Waals surface area contributed by atoms with Crippen LogP contribution in [0, 0.1) is 0 Å². The van der Waals surface area contributed by atoms with Gasteiger partial charge >= 0.3 is 0 Å². The van der Waals surface area contributed by atoms with Gasteiger partial charge in [0.2, 0.25) is 11.8 Å². The minimum Gasteiger partial charge on any atom is -0.497 e. The summed E-state index contributed by atoms with van der Waals surface area (Å²) in [6.07, 6.45) is 1.76. The van der Waals surface area contributed by atoms with E-state index in [9.17, 15) is 9.59 Å². The van der Waals surface area contributed by atoms with E-state index in [2.05, 4.69) is 15.5 Å². The average Bonchev–Trinajstić information content (AvgIpc) is 3.31. The van der Waals surface area contributed by atoms with Gasteiger partial charge in [0, 0.05) is 19.6 Å². The fourth-order valence-electron chi connectivity index (χ4n) is 3.87. The minimum atomic E-state index is -0.341. The zero-order valence-corrected chi connectivity index (χ0v) is 19.1. The van der Waals surface area contributed by atoms with Crippen molar-refractivity contribution in [1.82, 2.24) is 30.0 Å². The Kier molecular flexibility index (Phi) is 7.82. The van der Waals surface area contributed by atoms with E-state index in [4.69, 9.17) is 9.47 Å². The second-order valence-electron chi connectivity index (χ2n) is 8.14. The fraction of sp³-hybridized carbons (Fsp3) is 0.375. The minimum absolute atomic E-state index is 0.00519. The summed E-state index contributed by atoms with van der Waals surface area (Å²) in [7, 11) is 1.62. The summed E-state index contributed by atoms with van der Waals surface area (Å²) in [5, 5.41) is 10.9. The Morgan fingerprint density at radius 1 is 1.09 bits per heavy atom. The normalized spacial score (nSPS) is 16.4. The van der Waals surface area contributed by atoms with Crippen LogP contribution in [0.15, 0.2) is 60.9 Å². The molecule has 0 spiro atoms. The van der Waals surface area contributed by atoms with E-state index in [1.54, 1.807) is 12.0 Å². The summed E-state index contributed by atoms with van der Waals surface area (Å²) in [4.78, 5) is 29.3. The van der Waals surface area contributed by atoms with E-state index >= 15 is 0 Å². The number of methoxy groups -OCH3 is 1. The molecule has 178 valence electrons. The van der Waals surface area contributed by atoms with Gasteiger partial charge in [0.15, 0.2) is 0 Å². The Bertz CT molecular complexity index is 1080. The lowest BCUT2D eigenvalue weighted by Crippen LogP contribution is -2.41. The maximum Gasteiger partial charge on any atom is 0.245 e. The molecule has 1 atom stereocenters. The molecule has 1 aromatic heterocycles.